The number of hydrogen-bond acceptors (Lipinski definition) is 7. The van der Waals surface area contributed by atoms with Crippen molar-refractivity contribution in [1.29, 1.82) is 0 Å². The summed E-state index contributed by atoms with van der Waals surface area (Å²) in [6, 6.07) is 13.0. The van der Waals surface area contributed by atoms with E-state index in [0.717, 1.165) is 36.2 Å². The number of benzene rings is 2. The molecule has 7 rings (SSSR count). The van der Waals surface area contributed by atoms with Crippen molar-refractivity contribution in [3.63, 3.8) is 0 Å². The van der Waals surface area contributed by atoms with Crippen LogP contribution in [0.3, 0.4) is 0 Å². The number of methoxy groups -OCH3 is 2. The van der Waals surface area contributed by atoms with Gasteiger partial charge in [0.2, 0.25) is 5.91 Å². The lowest BCUT2D eigenvalue weighted by atomic mass is 9.35. The van der Waals surface area contributed by atoms with Gasteiger partial charge in [0.25, 0.3) is 0 Å². The van der Waals surface area contributed by atoms with Crippen LogP contribution in [0.25, 0.3) is 0 Å². The highest BCUT2D eigenvalue weighted by atomic mass is 16.5. The smallest absolute Gasteiger partial charge is 0.342 e. The summed E-state index contributed by atoms with van der Waals surface area (Å²) in [6.45, 7) is 10.8. The molecule has 4 aliphatic rings. The predicted molar refractivity (Wildman–Crippen MR) is 191 cm³/mol. The Balaban J connectivity index is 1.51. The van der Waals surface area contributed by atoms with Crippen LogP contribution in [0.2, 0.25) is 0 Å². The number of nitrogens with zero attached hydrogens (tertiary/aromatic N) is 3. The standard InChI is InChI=1S/C39H51N5O6/c1-7-43(8-2)18-15-32(45)41-27-13-14-29(28(19-27)25(3)4)38-21-26-20-37(23-38,33-30(49-5)11-9-12-31(33)50-6)24-39(22-26,34(38)35(46)47)42-36(48)44-17-10-16-40-44/h9-14,16-17,19,25-26,34H,7-8,15,18,20-24H2,1-6H3,(H,41,45)(H,42,48)(H,46,47). The zero-order valence-corrected chi connectivity index (χ0v) is 30.1. The summed E-state index contributed by atoms with van der Waals surface area (Å²) < 4.78 is 13.2. The summed E-state index contributed by atoms with van der Waals surface area (Å²) in [5.74, 6) is -0.393. The predicted octanol–water partition coefficient (Wildman–Crippen LogP) is 6.17. The van der Waals surface area contributed by atoms with Crippen molar-refractivity contribution in [3.05, 3.63) is 71.5 Å². The third-order valence-electron chi connectivity index (χ3n) is 11.7. The normalized spacial score (nSPS) is 26.6. The molecule has 4 aliphatic carbocycles. The number of ether oxygens (including phenoxy) is 2. The van der Waals surface area contributed by atoms with E-state index in [-0.39, 0.29) is 17.7 Å². The zero-order chi connectivity index (χ0) is 35.8. The molecule has 1 aromatic heterocycles. The average molecular weight is 686 g/mol. The fraction of sp³-hybridized carbons (Fsp3) is 0.538. The first-order valence-electron chi connectivity index (χ1n) is 17.9. The van der Waals surface area contributed by atoms with Gasteiger partial charge in [-0.25, -0.2) is 4.79 Å². The van der Waals surface area contributed by atoms with Crippen LogP contribution in [-0.2, 0) is 20.4 Å². The van der Waals surface area contributed by atoms with Gasteiger partial charge in [0.1, 0.15) is 11.5 Å². The van der Waals surface area contributed by atoms with Gasteiger partial charge in [-0.15, -0.1) is 0 Å². The minimum absolute atomic E-state index is 0.0336. The molecule has 3 aromatic rings. The van der Waals surface area contributed by atoms with Crippen molar-refractivity contribution in [2.75, 3.05) is 39.2 Å². The molecule has 5 atom stereocenters. The van der Waals surface area contributed by atoms with E-state index in [0.29, 0.717) is 55.8 Å². The van der Waals surface area contributed by atoms with Crippen LogP contribution in [0.1, 0.15) is 88.8 Å². The van der Waals surface area contributed by atoms with Crippen molar-refractivity contribution < 1.29 is 29.0 Å². The number of aliphatic carboxylic acids is 1. The molecule has 2 aromatic carbocycles. The van der Waals surface area contributed by atoms with Gasteiger partial charge in [-0.05, 0) is 98.5 Å². The van der Waals surface area contributed by atoms with E-state index >= 15 is 0 Å². The van der Waals surface area contributed by atoms with E-state index in [2.05, 4.69) is 48.3 Å². The average Bonchev–Trinajstić information content (AvgIpc) is 3.63. The second-order valence-corrected chi connectivity index (χ2v) is 14.9. The Kier molecular flexibility index (Phi) is 9.74. The number of carboxylic acid groups (broad SMARTS) is 1. The molecule has 50 heavy (non-hydrogen) atoms. The second-order valence-electron chi connectivity index (χ2n) is 14.9. The van der Waals surface area contributed by atoms with E-state index in [1.54, 1.807) is 26.5 Å². The fourth-order valence-electron chi connectivity index (χ4n) is 10.2. The minimum atomic E-state index is -1.09. The van der Waals surface area contributed by atoms with E-state index in [1.165, 1.54) is 10.9 Å². The van der Waals surface area contributed by atoms with Crippen LogP contribution in [0, 0.1) is 11.8 Å². The van der Waals surface area contributed by atoms with Crippen molar-refractivity contribution >= 4 is 23.6 Å². The maximum absolute atomic E-state index is 13.8. The summed E-state index contributed by atoms with van der Waals surface area (Å²) in [6.07, 6.45) is 6.47. The summed E-state index contributed by atoms with van der Waals surface area (Å²) in [4.78, 5) is 42.9. The zero-order valence-electron chi connectivity index (χ0n) is 30.1. The highest BCUT2D eigenvalue weighted by molar-refractivity contribution is 5.91. The van der Waals surface area contributed by atoms with Crippen LogP contribution >= 0.6 is 0 Å². The first-order valence-corrected chi connectivity index (χ1v) is 17.9. The molecule has 4 bridgehead atoms. The van der Waals surface area contributed by atoms with Gasteiger partial charge in [-0.2, -0.15) is 9.78 Å². The number of hydrogen-bond donors (Lipinski definition) is 3. The molecule has 4 saturated carbocycles. The van der Waals surface area contributed by atoms with Gasteiger partial charge in [0, 0.05) is 47.4 Å². The van der Waals surface area contributed by atoms with Crippen molar-refractivity contribution in [3.8, 4) is 11.5 Å². The maximum atomic E-state index is 13.8. The van der Waals surface area contributed by atoms with Gasteiger partial charge in [-0.1, -0.05) is 39.8 Å². The van der Waals surface area contributed by atoms with E-state index < -0.39 is 34.3 Å². The second kappa shape index (κ2) is 13.7. The van der Waals surface area contributed by atoms with E-state index in [4.69, 9.17) is 9.47 Å². The lowest BCUT2D eigenvalue weighted by Gasteiger charge is -2.69. The summed E-state index contributed by atoms with van der Waals surface area (Å²) in [5.41, 5.74) is 1.07. The molecular formula is C39H51N5O6. The van der Waals surface area contributed by atoms with E-state index in [1.807, 2.05) is 36.4 Å². The Morgan fingerprint density at radius 2 is 1.74 bits per heavy atom. The Morgan fingerprint density at radius 1 is 1.02 bits per heavy atom. The lowest BCUT2D eigenvalue weighted by molar-refractivity contribution is -0.167. The largest absolute Gasteiger partial charge is 0.496 e. The maximum Gasteiger partial charge on any atom is 0.342 e. The Labute approximate surface area is 294 Å². The topological polar surface area (TPSA) is 135 Å². The lowest BCUT2D eigenvalue weighted by Crippen LogP contribution is -2.75. The van der Waals surface area contributed by atoms with E-state index in [9.17, 15) is 19.5 Å². The molecule has 5 unspecified atom stereocenters. The first-order chi connectivity index (χ1) is 23.9. The molecule has 0 radical (unpaired) electrons. The molecule has 1 heterocycles. The monoisotopic (exact) mass is 685 g/mol. The van der Waals surface area contributed by atoms with Gasteiger partial charge >= 0.3 is 12.0 Å². The van der Waals surface area contributed by atoms with Crippen LogP contribution in [0.4, 0.5) is 10.5 Å². The molecule has 0 saturated heterocycles. The Hall–Kier alpha value is -4.38. The number of carbonyl (C=O) groups excluding carboxylic acids is 2. The number of anilines is 1. The quantitative estimate of drug-likeness (QED) is 0.194. The molecule has 268 valence electrons. The summed E-state index contributed by atoms with van der Waals surface area (Å²) >= 11 is 0. The molecule has 4 fully saturated rings. The first kappa shape index (κ1) is 35.4. The summed E-state index contributed by atoms with van der Waals surface area (Å²) in [7, 11) is 3.30. The third-order valence-corrected chi connectivity index (χ3v) is 11.7. The SMILES string of the molecule is CCN(CC)CCC(=O)Nc1ccc(C23CC4CC(c5c(OC)cccc5OC)(CC(NC(=O)n5cccn5)(C4)C2C(=O)O)C3)c(C(C)C)c1. The van der Waals surface area contributed by atoms with Crippen LogP contribution in [-0.4, -0.2) is 77.1 Å². The van der Waals surface area contributed by atoms with Crippen LogP contribution in [0.5, 0.6) is 11.5 Å². The van der Waals surface area contributed by atoms with Crippen LogP contribution < -0.4 is 20.1 Å². The molecule has 11 heteroatoms. The number of amides is 2. The van der Waals surface area contributed by atoms with Crippen molar-refractivity contribution in [2.24, 2.45) is 11.8 Å². The van der Waals surface area contributed by atoms with Crippen molar-refractivity contribution in [1.82, 2.24) is 20.0 Å². The number of carboxylic acids is 1. The highest BCUT2D eigenvalue weighted by Gasteiger charge is 2.72. The molecule has 0 aliphatic heterocycles. The van der Waals surface area contributed by atoms with Crippen molar-refractivity contribution in [2.45, 2.75) is 88.5 Å². The van der Waals surface area contributed by atoms with Gasteiger partial charge in [-0.3, -0.25) is 9.59 Å². The van der Waals surface area contributed by atoms with Gasteiger partial charge < -0.3 is 30.1 Å². The molecule has 0 spiro atoms. The molecule has 11 nitrogen and oxygen atoms in total. The minimum Gasteiger partial charge on any atom is -0.496 e. The molecular weight excluding hydrogens is 634 g/mol. The fourth-order valence-corrected chi connectivity index (χ4v) is 10.2. The van der Waals surface area contributed by atoms with Gasteiger partial charge in [0.15, 0.2) is 0 Å². The highest BCUT2D eigenvalue weighted by Crippen LogP contribution is 2.71. The number of carbonyl (C=O) groups is 3. The third kappa shape index (κ3) is 6.03. The van der Waals surface area contributed by atoms with Crippen LogP contribution in [0.15, 0.2) is 54.9 Å². The number of rotatable bonds is 13. The molecule has 3 N–H and O–H groups in total. The number of nitrogens with one attached hydrogen (secondary N) is 2. The molecule has 2 amide bonds. The Morgan fingerprint density at radius 3 is 2.34 bits per heavy atom. The summed E-state index contributed by atoms with van der Waals surface area (Å²) in [5, 5.41) is 21.9. The number of aromatic nitrogens is 2. The van der Waals surface area contributed by atoms with Gasteiger partial charge in [0.05, 0.1) is 25.7 Å². The Bertz CT molecular complexity index is 1720.